The highest BCUT2D eigenvalue weighted by atomic mass is 28.4. The molecule has 3 rings (SSSR count). The summed E-state index contributed by atoms with van der Waals surface area (Å²) in [5, 5.41) is 2.93. The number of hydrogen-bond acceptors (Lipinski definition) is 4. The van der Waals surface area contributed by atoms with Gasteiger partial charge in [-0.05, 0) is 30.1 Å². The maximum Gasteiger partial charge on any atom is 0.276 e. The molecule has 2 atom stereocenters. The van der Waals surface area contributed by atoms with Crippen molar-refractivity contribution >= 4 is 20.1 Å². The first-order valence-electron chi connectivity index (χ1n) is 9.98. The number of carbonyl (C=O) groups excluding carboxylic acids is 2. The van der Waals surface area contributed by atoms with E-state index in [1.165, 1.54) is 0 Å². The van der Waals surface area contributed by atoms with Crippen molar-refractivity contribution < 1.29 is 18.8 Å². The molecule has 0 unspecified atom stereocenters. The topological polar surface area (TPSA) is 67.9 Å². The third-order valence-corrected chi connectivity index (χ3v) is 10.7. The molecule has 6 nitrogen and oxygen atoms in total. The van der Waals surface area contributed by atoms with E-state index >= 15 is 0 Å². The molecule has 1 aromatic carbocycles. The molecule has 2 aliphatic rings. The van der Waals surface area contributed by atoms with Gasteiger partial charge >= 0.3 is 0 Å². The van der Waals surface area contributed by atoms with Crippen LogP contribution in [-0.4, -0.2) is 50.0 Å². The zero-order chi connectivity index (χ0) is 20.6. The Hall–Kier alpha value is -1.70. The molecule has 7 heteroatoms. The van der Waals surface area contributed by atoms with E-state index in [4.69, 9.17) is 9.16 Å². The number of carbonyl (C=O) groups is 2. The summed E-state index contributed by atoms with van der Waals surface area (Å²) in [7, 11) is -1.91. The van der Waals surface area contributed by atoms with E-state index in [2.05, 4.69) is 39.2 Å². The van der Waals surface area contributed by atoms with Crippen molar-refractivity contribution in [3.8, 4) is 0 Å². The molecule has 0 aliphatic carbocycles. The van der Waals surface area contributed by atoms with E-state index in [9.17, 15) is 9.59 Å². The fourth-order valence-corrected chi connectivity index (χ4v) is 4.83. The van der Waals surface area contributed by atoms with Crippen LogP contribution in [0.15, 0.2) is 30.3 Å². The lowest BCUT2D eigenvalue weighted by Gasteiger charge is -2.47. The molecule has 0 bridgehead atoms. The number of amides is 2. The van der Waals surface area contributed by atoms with E-state index in [1.807, 2.05) is 30.3 Å². The van der Waals surface area contributed by atoms with Gasteiger partial charge in [-0.25, -0.2) is 0 Å². The Kier molecular flexibility index (Phi) is 5.71. The standard InChI is InChI=1S/C21H32N2O4Si/c1-20(2,3)28(4,5)27-17-11-12-21(26-15-17)19(25)23(14-18(24)22-21)13-16-9-7-6-8-10-16/h6-10,17H,11-15H2,1-5H3,(H,22,24)/t17-,21+/m0/s1. The van der Waals surface area contributed by atoms with Crippen molar-refractivity contribution in [2.45, 2.75) is 70.1 Å². The van der Waals surface area contributed by atoms with Crippen LogP contribution in [0.2, 0.25) is 18.1 Å². The summed E-state index contributed by atoms with van der Waals surface area (Å²) in [6.07, 6.45) is 1.08. The van der Waals surface area contributed by atoms with Crippen molar-refractivity contribution in [1.82, 2.24) is 10.2 Å². The molecular formula is C21H32N2O4Si. The van der Waals surface area contributed by atoms with Gasteiger partial charge in [0.05, 0.1) is 12.7 Å². The van der Waals surface area contributed by atoms with Crippen LogP contribution >= 0.6 is 0 Å². The average molecular weight is 405 g/mol. The highest BCUT2D eigenvalue weighted by Crippen LogP contribution is 2.39. The zero-order valence-electron chi connectivity index (χ0n) is 17.6. The normalized spacial score (nSPS) is 26.5. The zero-order valence-corrected chi connectivity index (χ0v) is 18.6. The summed E-state index contributed by atoms with van der Waals surface area (Å²) in [6.45, 7) is 11.8. The second kappa shape index (κ2) is 7.61. The fraction of sp³-hybridized carbons (Fsp3) is 0.619. The van der Waals surface area contributed by atoms with Gasteiger partial charge in [0.1, 0.15) is 6.54 Å². The minimum atomic E-state index is -1.91. The van der Waals surface area contributed by atoms with Gasteiger partial charge < -0.3 is 19.4 Å². The Morgan fingerprint density at radius 1 is 1.25 bits per heavy atom. The molecule has 2 amide bonds. The Labute approximate surface area is 168 Å². The van der Waals surface area contributed by atoms with Gasteiger partial charge in [-0.3, -0.25) is 9.59 Å². The Balaban J connectivity index is 1.67. The van der Waals surface area contributed by atoms with Crippen molar-refractivity contribution in [2.24, 2.45) is 0 Å². The van der Waals surface area contributed by atoms with Gasteiger partial charge in [-0.2, -0.15) is 0 Å². The van der Waals surface area contributed by atoms with Crippen molar-refractivity contribution in [3.63, 3.8) is 0 Å². The molecule has 0 aromatic heterocycles. The molecule has 1 spiro atoms. The Bertz CT molecular complexity index is 722. The average Bonchev–Trinajstić information content (AvgIpc) is 2.61. The number of nitrogens with zero attached hydrogens (tertiary/aromatic N) is 1. The van der Waals surface area contributed by atoms with Crippen molar-refractivity contribution in [3.05, 3.63) is 35.9 Å². The van der Waals surface area contributed by atoms with Gasteiger partial charge in [-0.1, -0.05) is 51.1 Å². The number of hydrogen-bond donors (Lipinski definition) is 1. The van der Waals surface area contributed by atoms with E-state index in [-0.39, 0.29) is 29.5 Å². The molecule has 0 radical (unpaired) electrons. The van der Waals surface area contributed by atoms with Crippen LogP contribution in [0, 0.1) is 0 Å². The fourth-order valence-electron chi connectivity index (χ4n) is 3.46. The number of ether oxygens (including phenoxy) is 1. The highest BCUT2D eigenvalue weighted by molar-refractivity contribution is 6.74. The third kappa shape index (κ3) is 4.31. The number of piperazine rings is 1. The lowest BCUT2D eigenvalue weighted by atomic mass is 9.97. The summed E-state index contributed by atoms with van der Waals surface area (Å²) in [6, 6.07) is 9.70. The molecule has 28 heavy (non-hydrogen) atoms. The SMILES string of the molecule is CC(C)(C)[Si](C)(C)O[C@H]1CC[C@@]2(NC(=O)CN(Cc3ccccc3)C2=O)OC1. The highest BCUT2D eigenvalue weighted by Gasteiger charge is 2.51. The van der Waals surface area contributed by atoms with Gasteiger partial charge in [0.2, 0.25) is 11.6 Å². The van der Waals surface area contributed by atoms with E-state index in [0.29, 0.717) is 26.0 Å². The van der Waals surface area contributed by atoms with Crippen LogP contribution in [0.1, 0.15) is 39.2 Å². The van der Waals surface area contributed by atoms with Crippen LogP contribution in [0.4, 0.5) is 0 Å². The minimum absolute atomic E-state index is 0.0410. The first kappa shape index (κ1) is 21.0. The predicted molar refractivity (Wildman–Crippen MR) is 110 cm³/mol. The number of rotatable bonds is 4. The predicted octanol–water partition coefficient (Wildman–Crippen LogP) is 3.04. The molecule has 2 fully saturated rings. The molecule has 154 valence electrons. The van der Waals surface area contributed by atoms with Gasteiger partial charge in [0.15, 0.2) is 8.32 Å². The smallest absolute Gasteiger partial charge is 0.276 e. The van der Waals surface area contributed by atoms with Crippen LogP contribution < -0.4 is 5.32 Å². The number of nitrogens with one attached hydrogen (secondary N) is 1. The van der Waals surface area contributed by atoms with Crippen LogP contribution in [0.25, 0.3) is 0 Å². The lowest BCUT2D eigenvalue weighted by Crippen LogP contribution is -2.69. The van der Waals surface area contributed by atoms with Crippen LogP contribution in [0.5, 0.6) is 0 Å². The van der Waals surface area contributed by atoms with Gasteiger partial charge in [0, 0.05) is 13.0 Å². The van der Waals surface area contributed by atoms with Crippen LogP contribution in [-0.2, 0) is 25.3 Å². The summed E-state index contributed by atoms with van der Waals surface area (Å²) in [5.74, 6) is -0.346. The minimum Gasteiger partial charge on any atom is -0.412 e. The van der Waals surface area contributed by atoms with Crippen LogP contribution in [0.3, 0.4) is 0 Å². The van der Waals surface area contributed by atoms with Crippen molar-refractivity contribution in [2.75, 3.05) is 13.2 Å². The first-order valence-corrected chi connectivity index (χ1v) is 12.9. The monoisotopic (exact) mass is 404 g/mol. The summed E-state index contributed by atoms with van der Waals surface area (Å²) in [4.78, 5) is 27.1. The van der Waals surface area contributed by atoms with E-state index < -0.39 is 14.0 Å². The van der Waals surface area contributed by atoms with Gasteiger partial charge in [-0.15, -0.1) is 0 Å². The van der Waals surface area contributed by atoms with E-state index in [0.717, 1.165) is 5.56 Å². The second-order valence-electron chi connectivity index (χ2n) is 9.37. The maximum atomic E-state index is 13.2. The van der Waals surface area contributed by atoms with Gasteiger partial charge in [0.25, 0.3) is 5.91 Å². The largest absolute Gasteiger partial charge is 0.412 e. The second-order valence-corrected chi connectivity index (χ2v) is 14.1. The molecule has 1 N–H and O–H groups in total. The Morgan fingerprint density at radius 2 is 1.93 bits per heavy atom. The number of benzene rings is 1. The molecule has 1 aromatic rings. The third-order valence-electron chi connectivity index (χ3n) is 6.13. The summed E-state index contributed by atoms with van der Waals surface area (Å²) < 4.78 is 12.4. The first-order chi connectivity index (χ1) is 13.0. The molecule has 2 heterocycles. The Morgan fingerprint density at radius 3 is 2.50 bits per heavy atom. The molecule has 0 saturated carbocycles. The van der Waals surface area contributed by atoms with E-state index in [1.54, 1.807) is 4.90 Å². The molecular weight excluding hydrogens is 372 g/mol. The quantitative estimate of drug-likeness (QED) is 0.783. The summed E-state index contributed by atoms with van der Waals surface area (Å²) >= 11 is 0. The van der Waals surface area contributed by atoms with Crippen molar-refractivity contribution in [1.29, 1.82) is 0 Å². The molecule has 2 aliphatic heterocycles. The molecule has 2 saturated heterocycles. The lowest BCUT2D eigenvalue weighted by molar-refractivity contribution is -0.191. The maximum absolute atomic E-state index is 13.2. The summed E-state index contributed by atoms with van der Waals surface area (Å²) in [5.41, 5.74) is -0.257.